The van der Waals surface area contributed by atoms with Crippen LogP contribution in [0.25, 0.3) is 11.0 Å². The molecule has 1 atom stereocenters. The van der Waals surface area contributed by atoms with Crippen molar-refractivity contribution in [2.24, 2.45) is 0 Å². The number of carboxylic acid groups (broad SMARTS) is 1. The SMILES string of the molecule is COc1cc(COC2CCN(C(=O)O)C2)cc2onc(N)c12. The summed E-state index contributed by atoms with van der Waals surface area (Å²) in [4.78, 5) is 12.2. The predicted molar refractivity (Wildman–Crippen MR) is 77.8 cm³/mol. The second-order valence-electron chi connectivity index (χ2n) is 5.19. The molecule has 1 saturated heterocycles. The van der Waals surface area contributed by atoms with Crippen molar-refractivity contribution in [2.45, 2.75) is 19.1 Å². The van der Waals surface area contributed by atoms with E-state index in [0.29, 0.717) is 42.8 Å². The minimum Gasteiger partial charge on any atom is -0.496 e. The average molecular weight is 307 g/mol. The summed E-state index contributed by atoms with van der Waals surface area (Å²) in [6, 6.07) is 3.62. The first kappa shape index (κ1) is 14.5. The molecule has 1 aliphatic heterocycles. The van der Waals surface area contributed by atoms with Crippen LogP contribution in [0, 0.1) is 0 Å². The summed E-state index contributed by atoms with van der Waals surface area (Å²) in [5.41, 5.74) is 7.13. The van der Waals surface area contributed by atoms with Crippen LogP contribution >= 0.6 is 0 Å². The number of benzene rings is 1. The summed E-state index contributed by atoms with van der Waals surface area (Å²) in [7, 11) is 1.55. The molecule has 1 aromatic heterocycles. The number of nitrogens with two attached hydrogens (primary N) is 1. The Kier molecular flexibility index (Phi) is 3.76. The molecule has 3 N–H and O–H groups in total. The number of nitrogens with zero attached hydrogens (tertiary/aromatic N) is 2. The van der Waals surface area contributed by atoms with Gasteiger partial charge in [-0.25, -0.2) is 4.79 Å². The van der Waals surface area contributed by atoms with Crippen LogP contribution in [-0.4, -0.2) is 47.6 Å². The maximum absolute atomic E-state index is 10.9. The van der Waals surface area contributed by atoms with Crippen molar-refractivity contribution in [3.05, 3.63) is 17.7 Å². The molecule has 8 heteroatoms. The van der Waals surface area contributed by atoms with Crippen LogP contribution in [0.1, 0.15) is 12.0 Å². The van der Waals surface area contributed by atoms with Crippen molar-refractivity contribution in [1.82, 2.24) is 10.1 Å². The third-order valence-electron chi connectivity index (χ3n) is 3.75. The summed E-state index contributed by atoms with van der Waals surface area (Å²) in [5, 5.41) is 13.3. The van der Waals surface area contributed by atoms with Gasteiger partial charge >= 0.3 is 6.09 Å². The topological polar surface area (TPSA) is 111 Å². The number of hydrogen-bond donors (Lipinski definition) is 2. The Hall–Kier alpha value is -2.48. The van der Waals surface area contributed by atoms with Crippen molar-refractivity contribution >= 4 is 22.9 Å². The van der Waals surface area contributed by atoms with Crippen molar-refractivity contribution in [2.75, 3.05) is 25.9 Å². The number of aromatic nitrogens is 1. The lowest BCUT2D eigenvalue weighted by molar-refractivity contribution is 0.0465. The van der Waals surface area contributed by atoms with E-state index < -0.39 is 6.09 Å². The second kappa shape index (κ2) is 5.72. The quantitative estimate of drug-likeness (QED) is 0.884. The number of rotatable bonds is 4. The molecular weight excluding hydrogens is 290 g/mol. The fourth-order valence-electron chi connectivity index (χ4n) is 2.61. The van der Waals surface area contributed by atoms with Crippen LogP contribution in [0.3, 0.4) is 0 Å². The monoisotopic (exact) mass is 307 g/mol. The Balaban J connectivity index is 1.71. The Bertz CT molecular complexity index is 699. The summed E-state index contributed by atoms with van der Waals surface area (Å²) in [6.45, 7) is 1.23. The van der Waals surface area contributed by atoms with Gasteiger partial charge in [0.1, 0.15) is 11.1 Å². The minimum atomic E-state index is -0.911. The zero-order valence-electron chi connectivity index (χ0n) is 12.1. The predicted octanol–water partition coefficient (Wildman–Crippen LogP) is 1.69. The molecule has 0 aliphatic carbocycles. The molecule has 1 fully saturated rings. The normalized spacial score (nSPS) is 18.0. The largest absolute Gasteiger partial charge is 0.496 e. The van der Waals surface area contributed by atoms with E-state index in [9.17, 15) is 4.79 Å². The third kappa shape index (κ3) is 2.64. The fourth-order valence-corrected chi connectivity index (χ4v) is 2.61. The first-order chi connectivity index (χ1) is 10.6. The molecule has 22 heavy (non-hydrogen) atoms. The zero-order valence-corrected chi connectivity index (χ0v) is 12.1. The lowest BCUT2D eigenvalue weighted by atomic mass is 10.1. The van der Waals surface area contributed by atoms with Gasteiger partial charge in [0.25, 0.3) is 0 Å². The Morgan fingerprint density at radius 3 is 3.09 bits per heavy atom. The lowest BCUT2D eigenvalue weighted by Gasteiger charge is -2.13. The molecule has 2 heterocycles. The van der Waals surface area contributed by atoms with E-state index >= 15 is 0 Å². The van der Waals surface area contributed by atoms with Gasteiger partial charge in [-0.15, -0.1) is 0 Å². The van der Waals surface area contributed by atoms with Crippen LogP contribution in [0.4, 0.5) is 10.6 Å². The van der Waals surface area contributed by atoms with Gasteiger partial charge < -0.3 is 29.7 Å². The number of methoxy groups -OCH3 is 1. The van der Waals surface area contributed by atoms with Gasteiger partial charge in [-0.3, -0.25) is 0 Å². The standard InChI is InChI=1S/C14H17N3O5/c1-20-10-4-8(5-11-12(10)13(15)16-22-11)7-21-9-2-3-17(6-9)14(18)19/h4-5,9H,2-3,6-7H2,1H3,(H2,15,16)(H,18,19). The molecule has 1 amide bonds. The molecule has 1 unspecified atom stereocenters. The van der Waals surface area contributed by atoms with Crippen LogP contribution in [0.2, 0.25) is 0 Å². The van der Waals surface area contributed by atoms with E-state index in [1.165, 1.54) is 4.90 Å². The number of carbonyl (C=O) groups is 1. The third-order valence-corrected chi connectivity index (χ3v) is 3.75. The van der Waals surface area contributed by atoms with Gasteiger partial charge in [0.2, 0.25) is 0 Å². The van der Waals surface area contributed by atoms with Gasteiger partial charge in [0, 0.05) is 6.54 Å². The summed E-state index contributed by atoms with van der Waals surface area (Å²) in [6.07, 6.45) is -0.315. The van der Waals surface area contributed by atoms with Crippen molar-refractivity contribution < 1.29 is 23.9 Å². The lowest BCUT2D eigenvalue weighted by Crippen LogP contribution is -2.28. The van der Waals surface area contributed by atoms with Gasteiger partial charge in [-0.05, 0) is 24.1 Å². The Labute approximate surface area is 126 Å². The van der Waals surface area contributed by atoms with Crippen LogP contribution in [0.15, 0.2) is 16.7 Å². The molecule has 8 nitrogen and oxygen atoms in total. The van der Waals surface area contributed by atoms with Gasteiger partial charge in [-0.1, -0.05) is 5.16 Å². The first-order valence-corrected chi connectivity index (χ1v) is 6.89. The zero-order chi connectivity index (χ0) is 15.7. The van der Waals surface area contributed by atoms with Crippen molar-refractivity contribution in [1.29, 1.82) is 0 Å². The number of fused-ring (bicyclic) bond motifs is 1. The summed E-state index contributed by atoms with van der Waals surface area (Å²) >= 11 is 0. The van der Waals surface area contributed by atoms with Gasteiger partial charge in [0.15, 0.2) is 11.4 Å². The number of likely N-dealkylation sites (tertiary alicyclic amines) is 1. The van der Waals surface area contributed by atoms with Crippen LogP contribution in [0.5, 0.6) is 5.75 Å². The highest BCUT2D eigenvalue weighted by Crippen LogP contribution is 2.32. The molecule has 0 bridgehead atoms. The molecule has 1 aromatic carbocycles. The smallest absolute Gasteiger partial charge is 0.407 e. The Morgan fingerprint density at radius 2 is 2.41 bits per heavy atom. The second-order valence-corrected chi connectivity index (χ2v) is 5.19. The van der Waals surface area contributed by atoms with E-state index in [4.69, 9.17) is 24.8 Å². The van der Waals surface area contributed by atoms with Crippen molar-refractivity contribution in [3.63, 3.8) is 0 Å². The number of amides is 1. The van der Waals surface area contributed by atoms with Crippen molar-refractivity contribution in [3.8, 4) is 5.75 Å². The molecule has 0 saturated carbocycles. The van der Waals surface area contributed by atoms with E-state index in [2.05, 4.69) is 5.16 Å². The highest BCUT2D eigenvalue weighted by Gasteiger charge is 2.26. The highest BCUT2D eigenvalue weighted by atomic mass is 16.5. The van der Waals surface area contributed by atoms with Gasteiger partial charge in [0.05, 0.1) is 26.4 Å². The Morgan fingerprint density at radius 1 is 1.59 bits per heavy atom. The fraction of sp³-hybridized carbons (Fsp3) is 0.429. The van der Waals surface area contributed by atoms with Gasteiger partial charge in [-0.2, -0.15) is 0 Å². The van der Waals surface area contributed by atoms with E-state index in [1.54, 1.807) is 13.2 Å². The number of ether oxygens (including phenoxy) is 2. The van der Waals surface area contributed by atoms with E-state index in [1.807, 2.05) is 6.07 Å². The minimum absolute atomic E-state index is 0.0995. The maximum atomic E-state index is 10.9. The molecule has 2 aromatic rings. The van der Waals surface area contributed by atoms with Crippen LogP contribution in [-0.2, 0) is 11.3 Å². The summed E-state index contributed by atoms with van der Waals surface area (Å²) < 4.78 is 16.2. The molecule has 0 spiro atoms. The number of nitrogen functional groups attached to an aromatic ring is 1. The van der Waals surface area contributed by atoms with E-state index in [-0.39, 0.29) is 11.9 Å². The molecule has 118 valence electrons. The molecule has 3 rings (SSSR count). The number of hydrogen-bond acceptors (Lipinski definition) is 6. The number of anilines is 1. The molecule has 0 radical (unpaired) electrons. The highest BCUT2D eigenvalue weighted by molar-refractivity contribution is 5.93. The summed E-state index contributed by atoms with van der Waals surface area (Å²) in [5.74, 6) is 0.862. The molecule has 1 aliphatic rings. The van der Waals surface area contributed by atoms with Crippen LogP contribution < -0.4 is 10.5 Å². The first-order valence-electron chi connectivity index (χ1n) is 6.89. The maximum Gasteiger partial charge on any atom is 0.407 e. The van der Waals surface area contributed by atoms with E-state index in [0.717, 1.165) is 5.56 Å². The average Bonchev–Trinajstić information content (AvgIpc) is 3.12. The molecular formula is C14H17N3O5.